The van der Waals surface area contributed by atoms with Crippen molar-refractivity contribution in [1.82, 2.24) is 4.98 Å². The number of methoxy groups -OCH3 is 2. The summed E-state index contributed by atoms with van der Waals surface area (Å²) in [6.07, 6.45) is 0. The molecule has 0 spiro atoms. The van der Waals surface area contributed by atoms with Crippen LogP contribution in [0.1, 0.15) is 0 Å². The number of carbonyl (C=O) groups excluding carboxylic acids is 1. The maximum Gasteiger partial charge on any atom is 0.325 e. The molecule has 0 saturated carbocycles. The van der Waals surface area contributed by atoms with Crippen LogP contribution in [0, 0.1) is 0 Å². The third kappa shape index (κ3) is 3.44. The Kier molecular flexibility index (Phi) is 4.86. The number of hydrogen-bond acceptors (Lipinski definition) is 5. The molecule has 3 rings (SSSR count). The molecule has 0 atom stereocenters. The highest BCUT2D eigenvalue weighted by Crippen LogP contribution is 2.32. The van der Waals surface area contributed by atoms with Crippen LogP contribution in [-0.4, -0.2) is 25.2 Å². The number of urea groups is 1. The van der Waals surface area contributed by atoms with Gasteiger partial charge in [-0.25, -0.2) is 9.78 Å². The van der Waals surface area contributed by atoms with Crippen molar-refractivity contribution in [2.45, 2.75) is 0 Å². The molecule has 0 unspecified atom stereocenters. The number of halogens is 1. The van der Waals surface area contributed by atoms with E-state index in [1.807, 2.05) is 18.2 Å². The number of carbonyl (C=O) groups is 1. The fourth-order valence-electron chi connectivity index (χ4n) is 2.14. The Morgan fingerprint density at radius 1 is 1.12 bits per heavy atom. The highest BCUT2D eigenvalue weighted by Gasteiger charge is 2.11. The van der Waals surface area contributed by atoms with E-state index < -0.39 is 0 Å². The van der Waals surface area contributed by atoms with Crippen LogP contribution in [0.4, 0.5) is 15.6 Å². The number of hydrogen-bond donors (Lipinski definition) is 2. The lowest BCUT2D eigenvalue weighted by atomic mass is 10.3. The number of thiazole rings is 1. The van der Waals surface area contributed by atoms with E-state index in [9.17, 15) is 4.79 Å². The van der Waals surface area contributed by atoms with Crippen molar-refractivity contribution in [3.8, 4) is 11.5 Å². The Bertz CT molecular complexity index is 897. The zero-order valence-corrected chi connectivity index (χ0v) is 15.3. The molecule has 1 aromatic heterocycles. The lowest BCUT2D eigenvalue weighted by Gasteiger charge is -2.10. The lowest BCUT2D eigenvalue weighted by Crippen LogP contribution is -2.19. The molecule has 0 radical (unpaired) electrons. The number of benzene rings is 2. The molecule has 0 fully saturated rings. The van der Waals surface area contributed by atoms with Gasteiger partial charge in [-0.1, -0.05) is 17.4 Å². The molecule has 0 aliphatic heterocycles. The molecular weight excluding hydrogens is 394 g/mol. The van der Waals surface area contributed by atoms with Gasteiger partial charge in [-0.2, -0.15) is 0 Å². The van der Waals surface area contributed by atoms with E-state index in [1.165, 1.54) is 11.3 Å². The van der Waals surface area contributed by atoms with Crippen LogP contribution in [-0.2, 0) is 0 Å². The third-order valence-electron chi connectivity index (χ3n) is 3.23. The minimum Gasteiger partial charge on any atom is -0.493 e. The van der Waals surface area contributed by atoms with E-state index in [1.54, 1.807) is 32.4 Å². The number of amides is 2. The van der Waals surface area contributed by atoms with Gasteiger partial charge in [-0.3, -0.25) is 5.32 Å². The van der Waals surface area contributed by atoms with E-state index in [2.05, 4.69) is 31.5 Å². The molecule has 24 heavy (non-hydrogen) atoms. The Morgan fingerprint density at radius 2 is 1.92 bits per heavy atom. The number of rotatable bonds is 4. The van der Waals surface area contributed by atoms with E-state index in [0.717, 1.165) is 14.7 Å². The van der Waals surface area contributed by atoms with Crippen LogP contribution in [0.25, 0.3) is 10.2 Å². The third-order valence-corrected chi connectivity index (χ3v) is 4.81. The minimum atomic E-state index is -0.377. The molecule has 0 bridgehead atoms. The summed E-state index contributed by atoms with van der Waals surface area (Å²) in [5, 5.41) is 6.01. The fraction of sp³-hybridized carbons (Fsp3) is 0.125. The zero-order valence-electron chi connectivity index (χ0n) is 12.9. The van der Waals surface area contributed by atoms with Crippen LogP contribution in [0.5, 0.6) is 11.5 Å². The van der Waals surface area contributed by atoms with Crippen LogP contribution < -0.4 is 20.1 Å². The van der Waals surface area contributed by atoms with Crippen molar-refractivity contribution in [2.75, 3.05) is 24.9 Å². The first kappa shape index (κ1) is 16.5. The molecular formula is C16H14BrN3O3S. The first-order valence-corrected chi connectivity index (χ1v) is 8.56. The molecule has 0 aliphatic carbocycles. The van der Waals surface area contributed by atoms with Crippen LogP contribution in [0.2, 0.25) is 0 Å². The number of nitrogens with one attached hydrogen (secondary N) is 2. The van der Waals surface area contributed by atoms with Gasteiger partial charge < -0.3 is 14.8 Å². The van der Waals surface area contributed by atoms with Gasteiger partial charge >= 0.3 is 6.03 Å². The highest BCUT2D eigenvalue weighted by molar-refractivity contribution is 9.10. The Labute approximate surface area is 150 Å². The maximum absolute atomic E-state index is 12.2. The molecule has 6 nitrogen and oxygen atoms in total. The van der Waals surface area contributed by atoms with E-state index in [0.29, 0.717) is 22.3 Å². The summed E-state index contributed by atoms with van der Waals surface area (Å²) in [7, 11) is 3.10. The maximum atomic E-state index is 12.2. The summed E-state index contributed by atoms with van der Waals surface area (Å²) in [5.41, 5.74) is 1.41. The van der Waals surface area contributed by atoms with Gasteiger partial charge in [0.15, 0.2) is 16.6 Å². The molecule has 0 saturated heterocycles. The van der Waals surface area contributed by atoms with E-state index in [-0.39, 0.29) is 6.03 Å². The summed E-state index contributed by atoms with van der Waals surface area (Å²) in [6, 6.07) is 10.6. The van der Waals surface area contributed by atoms with Crippen molar-refractivity contribution < 1.29 is 14.3 Å². The molecule has 8 heteroatoms. The molecule has 2 amide bonds. The van der Waals surface area contributed by atoms with E-state index in [4.69, 9.17) is 9.47 Å². The van der Waals surface area contributed by atoms with E-state index >= 15 is 0 Å². The van der Waals surface area contributed by atoms with Gasteiger partial charge in [-0.15, -0.1) is 0 Å². The number of nitrogens with zero attached hydrogens (tertiary/aromatic N) is 1. The van der Waals surface area contributed by atoms with Gasteiger partial charge in [0.25, 0.3) is 0 Å². The van der Waals surface area contributed by atoms with Crippen molar-refractivity contribution in [3.63, 3.8) is 0 Å². The van der Waals surface area contributed by atoms with Crippen molar-refractivity contribution >= 4 is 54.3 Å². The first-order chi connectivity index (χ1) is 11.6. The predicted molar refractivity (Wildman–Crippen MR) is 99.5 cm³/mol. The molecule has 2 aromatic carbocycles. The molecule has 2 N–H and O–H groups in total. The average molecular weight is 408 g/mol. The number of fused-ring (bicyclic) bond motifs is 1. The summed E-state index contributed by atoms with van der Waals surface area (Å²) >= 11 is 4.86. The van der Waals surface area contributed by atoms with Crippen molar-refractivity contribution in [1.29, 1.82) is 0 Å². The van der Waals surface area contributed by atoms with Gasteiger partial charge in [0.05, 0.1) is 24.4 Å². The van der Waals surface area contributed by atoms with Crippen molar-refractivity contribution in [3.05, 3.63) is 40.9 Å². The van der Waals surface area contributed by atoms with Gasteiger partial charge in [0.2, 0.25) is 0 Å². The molecule has 0 aliphatic rings. The largest absolute Gasteiger partial charge is 0.493 e. The summed E-state index contributed by atoms with van der Waals surface area (Å²) < 4.78 is 12.3. The second-order valence-corrected chi connectivity index (χ2v) is 6.64. The van der Waals surface area contributed by atoms with Gasteiger partial charge in [0.1, 0.15) is 0 Å². The Morgan fingerprint density at radius 3 is 2.62 bits per heavy atom. The summed E-state index contributed by atoms with van der Waals surface area (Å²) in [6.45, 7) is 0. The number of aromatic nitrogens is 1. The van der Waals surface area contributed by atoms with Crippen LogP contribution in [0.15, 0.2) is 40.9 Å². The zero-order chi connectivity index (χ0) is 17.1. The number of ether oxygens (including phenoxy) is 2. The van der Waals surface area contributed by atoms with Gasteiger partial charge in [-0.05, 0) is 40.2 Å². The fourth-order valence-corrected chi connectivity index (χ4v) is 3.62. The van der Waals surface area contributed by atoms with Crippen LogP contribution >= 0.6 is 27.3 Å². The first-order valence-electron chi connectivity index (χ1n) is 6.96. The van der Waals surface area contributed by atoms with Crippen LogP contribution in [0.3, 0.4) is 0 Å². The Hall–Kier alpha value is -2.32. The average Bonchev–Trinajstić information content (AvgIpc) is 2.98. The highest BCUT2D eigenvalue weighted by atomic mass is 79.9. The second kappa shape index (κ2) is 7.06. The molecule has 3 aromatic rings. The smallest absolute Gasteiger partial charge is 0.325 e. The molecule has 1 heterocycles. The minimum absolute atomic E-state index is 0.377. The predicted octanol–water partition coefficient (Wildman–Crippen LogP) is 4.72. The lowest BCUT2D eigenvalue weighted by molar-refractivity contribution is 0.262. The summed E-state index contributed by atoms with van der Waals surface area (Å²) in [4.78, 5) is 16.6. The quantitative estimate of drug-likeness (QED) is 0.655. The van der Waals surface area contributed by atoms with Gasteiger partial charge in [0, 0.05) is 16.2 Å². The topological polar surface area (TPSA) is 72.5 Å². The monoisotopic (exact) mass is 407 g/mol. The SMILES string of the molecule is COc1ccc(NC(=O)Nc2nc3c(Br)cccc3s2)cc1OC. The standard InChI is InChI=1S/C16H14BrN3O3S/c1-22-11-7-6-9(8-12(11)23-2)18-15(21)20-16-19-14-10(17)4-3-5-13(14)24-16/h3-8H,1-2H3,(H2,18,19,20,21). The summed E-state index contributed by atoms with van der Waals surface area (Å²) in [5.74, 6) is 1.14. The second-order valence-electron chi connectivity index (χ2n) is 4.75. The Balaban J connectivity index is 1.74. The van der Waals surface area contributed by atoms with Crippen molar-refractivity contribution in [2.24, 2.45) is 0 Å². The number of anilines is 2. The number of para-hydroxylation sites is 1. The normalized spacial score (nSPS) is 10.5. The molecule has 124 valence electrons.